The first-order chi connectivity index (χ1) is 12.1. The Hall–Kier alpha value is -2.64. The van der Waals surface area contributed by atoms with Gasteiger partial charge in [-0.1, -0.05) is 6.07 Å². The predicted octanol–water partition coefficient (Wildman–Crippen LogP) is 1.13. The molecule has 1 unspecified atom stereocenters. The molecule has 0 aromatic carbocycles. The maximum atomic E-state index is 12.6. The number of hydrogen-bond donors (Lipinski definition) is 1. The molecular weight excluding hydrogens is 324 g/mol. The van der Waals surface area contributed by atoms with Gasteiger partial charge in [-0.2, -0.15) is 0 Å². The van der Waals surface area contributed by atoms with Crippen LogP contribution in [-0.2, 0) is 16.1 Å². The van der Waals surface area contributed by atoms with Crippen molar-refractivity contribution in [3.05, 3.63) is 34.9 Å². The minimum atomic E-state index is -0.839. The van der Waals surface area contributed by atoms with E-state index in [4.69, 9.17) is 5.11 Å². The van der Waals surface area contributed by atoms with E-state index in [0.29, 0.717) is 18.6 Å². The second-order valence-electron chi connectivity index (χ2n) is 6.35. The quantitative estimate of drug-likeness (QED) is 0.846. The van der Waals surface area contributed by atoms with Crippen molar-refractivity contribution in [1.29, 1.82) is 0 Å². The van der Waals surface area contributed by atoms with Crippen LogP contribution < -0.4 is 5.69 Å². The fourth-order valence-corrected chi connectivity index (χ4v) is 3.38. The number of fused-ring (bicyclic) bond motifs is 1. The molecule has 8 nitrogen and oxygen atoms in total. The summed E-state index contributed by atoms with van der Waals surface area (Å²) in [6, 6.07) is 5.28. The van der Waals surface area contributed by atoms with E-state index in [-0.39, 0.29) is 37.0 Å². The smallest absolute Gasteiger partial charge is 0.350 e. The highest BCUT2D eigenvalue weighted by molar-refractivity contribution is 5.76. The lowest BCUT2D eigenvalue weighted by atomic mass is 9.97. The number of pyridine rings is 1. The highest BCUT2D eigenvalue weighted by Gasteiger charge is 2.26. The van der Waals surface area contributed by atoms with E-state index >= 15 is 0 Å². The molecule has 1 atom stereocenters. The molecule has 3 rings (SSSR count). The number of likely N-dealkylation sites (tertiary alicyclic amines) is 1. The molecule has 25 heavy (non-hydrogen) atoms. The Bertz CT molecular complexity index is 825. The first kappa shape index (κ1) is 17.2. The minimum absolute atomic E-state index is 0.0184. The lowest BCUT2D eigenvalue weighted by Crippen LogP contribution is -2.44. The number of aryl methyl sites for hydroxylation is 1. The molecule has 0 saturated carbocycles. The number of carboxylic acids is 1. The molecule has 1 amide bonds. The van der Waals surface area contributed by atoms with Gasteiger partial charge in [-0.05, 0) is 37.8 Å². The molecule has 134 valence electrons. The van der Waals surface area contributed by atoms with Gasteiger partial charge in [0.25, 0.3) is 0 Å². The molecule has 1 N–H and O–H groups in total. The third-order valence-electron chi connectivity index (χ3n) is 4.66. The van der Waals surface area contributed by atoms with Crippen LogP contribution >= 0.6 is 0 Å². The van der Waals surface area contributed by atoms with Crippen molar-refractivity contribution in [3.63, 3.8) is 0 Å². The van der Waals surface area contributed by atoms with Gasteiger partial charge in [0.2, 0.25) is 5.91 Å². The number of piperidine rings is 1. The summed E-state index contributed by atoms with van der Waals surface area (Å²) in [5.74, 6) is -0.881. The Kier molecular flexibility index (Phi) is 5.16. The Morgan fingerprint density at radius 2 is 2.08 bits per heavy atom. The lowest BCUT2D eigenvalue weighted by Gasteiger charge is -2.35. The van der Waals surface area contributed by atoms with Crippen molar-refractivity contribution in [2.45, 2.75) is 51.1 Å². The standard InChI is InChI=1S/C17H22N4O4/c22-15(19-10-3-1-5-13(19)7-8-16(23)24)9-12-21-17(25)20-11-4-2-6-14(20)18-21/h2,4,6,11,13H,1,3,5,7-10,12H2,(H,23,24). The van der Waals surface area contributed by atoms with Crippen molar-refractivity contribution in [3.8, 4) is 0 Å². The molecule has 0 bridgehead atoms. The molecule has 3 heterocycles. The van der Waals surface area contributed by atoms with Crippen LogP contribution in [0.4, 0.5) is 0 Å². The molecule has 0 radical (unpaired) electrons. The minimum Gasteiger partial charge on any atom is -0.481 e. The number of carbonyl (C=O) groups is 2. The molecule has 1 aliphatic rings. The number of rotatable bonds is 6. The molecule has 1 aliphatic heterocycles. The van der Waals surface area contributed by atoms with E-state index in [0.717, 1.165) is 19.3 Å². The van der Waals surface area contributed by atoms with Gasteiger partial charge in [-0.3, -0.25) is 14.0 Å². The lowest BCUT2D eigenvalue weighted by molar-refractivity contribution is -0.140. The van der Waals surface area contributed by atoms with E-state index < -0.39 is 5.97 Å². The maximum absolute atomic E-state index is 12.6. The van der Waals surface area contributed by atoms with Crippen molar-refractivity contribution < 1.29 is 14.7 Å². The number of aromatic nitrogens is 3. The Labute approximate surface area is 144 Å². The summed E-state index contributed by atoms with van der Waals surface area (Å²) >= 11 is 0. The third-order valence-corrected chi connectivity index (χ3v) is 4.66. The van der Waals surface area contributed by atoms with Crippen molar-refractivity contribution in [2.24, 2.45) is 0 Å². The predicted molar refractivity (Wildman–Crippen MR) is 90.3 cm³/mol. The second kappa shape index (κ2) is 7.50. The van der Waals surface area contributed by atoms with Gasteiger partial charge in [-0.25, -0.2) is 9.48 Å². The highest BCUT2D eigenvalue weighted by atomic mass is 16.4. The number of carboxylic acid groups (broad SMARTS) is 1. The van der Waals surface area contributed by atoms with Crippen LogP contribution in [0, 0.1) is 0 Å². The first-order valence-electron chi connectivity index (χ1n) is 8.62. The van der Waals surface area contributed by atoms with Gasteiger partial charge < -0.3 is 10.0 Å². The van der Waals surface area contributed by atoms with Crippen LogP contribution in [0.3, 0.4) is 0 Å². The van der Waals surface area contributed by atoms with E-state index in [1.807, 2.05) is 0 Å². The maximum Gasteiger partial charge on any atom is 0.350 e. The number of aliphatic carboxylic acids is 1. The molecule has 1 saturated heterocycles. The average molecular weight is 346 g/mol. The van der Waals surface area contributed by atoms with Crippen LogP contribution in [0.1, 0.15) is 38.5 Å². The van der Waals surface area contributed by atoms with Gasteiger partial charge in [-0.15, -0.1) is 5.10 Å². The number of hydrogen-bond acceptors (Lipinski definition) is 4. The zero-order valence-electron chi connectivity index (χ0n) is 14.0. The molecule has 0 spiro atoms. The van der Waals surface area contributed by atoms with Crippen LogP contribution in [0.5, 0.6) is 0 Å². The first-order valence-corrected chi connectivity index (χ1v) is 8.62. The van der Waals surface area contributed by atoms with E-state index in [1.165, 1.54) is 9.08 Å². The van der Waals surface area contributed by atoms with Gasteiger partial charge in [0, 0.05) is 31.6 Å². The topological polar surface area (TPSA) is 96.9 Å². The summed E-state index contributed by atoms with van der Waals surface area (Å²) < 4.78 is 2.75. The van der Waals surface area contributed by atoms with Crippen molar-refractivity contribution in [2.75, 3.05) is 6.54 Å². The summed E-state index contributed by atoms with van der Waals surface area (Å²) in [4.78, 5) is 37.4. The number of carbonyl (C=O) groups excluding carboxylic acids is 1. The van der Waals surface area contributed by atoms with Gasteiger partial charge in [0.05, 0.1) is 6.54 Å². The van der Waals surface area contributed by atoms with Crippen molar-refractivity contribution >= 4 is 17.5 Å². The normalized spacial score (nSPS) is 17.8. The highest BCUT2D eigenvalue weighted by Crippen LogP contribution is 2.21. The Morgan fingerprint density at radius 3 is 2.84 bits per heavy atom. The molecule has 2 aromatic rings. The van der Waals surface area contributed by atoms with Crippen LogP contribution in [0.15, 0.2) is 29.2 Å². The van der Waals surface area contributed by atoms with Gasteiger partial charge >= 0.3 is 11.7 Å². The summed E-state index contributed by atoms with van der Waals surface area (Å²) in [6.45, 7) is 0.880. The molecule has 1 fully saturated rings. The number of nitrogens with zero attached hydrogens (tertiary/aromatic N) is 4. The van der Waals surface area contributed by atoms with Crippen LogP contribution in [0.25, 0.3) is 5.65 Å². The monoisotopic (exact) mass is 346 g/mol. The zero-order valence-corrected chi connectivity index (χ0v) is 14.0. The molecular formula is C17H22N4O4. The fourth-order valence-electron chi connectivity index (χ4n) is 3.38. The van der Waals surface area contributed by atoms with E-state index in [2.05, 4.69) is 5.10 Å². The fraction of sp³-hybridized carbons (Fsp3) is 0.529. The van der Waals surface area contributed by atoms with Crippen LogP contribution in [-0.4, -0.2) is 48.7 Å². The van der Waals surface area contributed by atoms with E-state index in [1.54, 1.807) is 29.3 Å². The van der Waals surface area contributed by atoms with Gasteiger partial charge in [0.1, 0.15) is 0 Å². The Morgan fingerprint density at radius 1 is 1.24 bits per heavy atom. The van der Waals surface area contributed by atoms with Crippen LogP contribution in [0.2, 0.25) is 0 Å². The molecule has 0 aliphatic carbocycles. The summed E-state index contributed by atoms with van der Waals surface area (Å²) in [6.07, 6.45) is 5.18. The molecule has 2 aromatic heterocycles. The Balaban J connectivity index is 1.64. The molecule has 8 heteroatoms. The average Bonchev–Trinajstić information content (AvgIpc) is 2.94. The summed E-state index contributed by atoms with van der Waals surface area (Å²) in [5.41, 5.74) is 0.293. The second-order valence-corrected chi connectivity index (χ2v) is 6.35. The van der Waals surface area contributed by atoms with Gasteiger partial charge in [0.15, 0.2) is 5.65 Å². The number of amides is 1. The largest absolute Gasteiger partial charge is 0.481 e. The summed E-state index contributed by atoms with van der Waals surface area (Å²) in [5, 5.41) is 13.1. The van der Waals surface area contributed by atoms with Crippen molar-refractivity contribution in [1.82, 2.24) is 19.1 Å². The van der Waals surface area contributed by atoms with E-state index in [9.17, 15) is 14.4 Å². The zero-order chi connectivity index (χ0) is 17.8. The third kappa shape index (κ3) is 3.89. The SMILES string of the molecule is O=C(O)CCC1CCCCN1C(=O)CCn1nc2ccccn2c1=O. The summed E-state index contributed by atoms with van der Waals surface area (Å²) in [7, 11) is 0.